The molecule has 0 aliphatic heterocycles. The largest absolute Gasteiger partial charge is 0.489 e. The third kappa shape index (κ3) is 9.64. The number of amides is 2. The minimum Gasteiger partial charge on any atom is -0.489 e. The first-order valence-corrected chi connectivity index (χ1v) is 16.4. The van der Waals surface area contributed by atoms with Crippen molar-refractivity contribution in [1.82, 2.24) is 10.2 Å². The number of nitrogens with one attached hydrogen (secondary N) is 1. The van der Waals surface area contributed by atoms with Gasteiger partial charge >= 0.3 is 0 Å². The van der Waals surface area contributed by atoms with E-state index in [9.17, 15) is 18.0 Å². The van der Waals surface area contributed by atoms with Crippen molar-refractivity contribution >= 4 is 50.7 Å². The SMILES string of the molecule is CCCCNC(=O)C(CC)N(Cc1ccc(Cl)c(Cl)c1)C(=O)CN(c1ccc(OCc2ccccc2)cc1)S(C)(=O)=O. The van der Waals surface area contributed by atoms with Crippen molar-refractivity contribution in [1.29, 1.82) is 0 Å². The van der Waals surface area contributed by atoms with Crippen LogP contribution in [0.3, 0.4) is 0 Å². The van der Waals surface area contributed by atoms with E-state index in [0.29, 0.717) is 46.6 Å². The number of rotatable bonds is 15. The van der Waals surface area contributed by atoms with Crippen molar-refractivity contribution in [2.45, 2.75) is 52.3 Å². The van der Waals surface area contributed by atoms with Gasteiger partial charge in [0.05, 0.1) is 22.0 Å². The summed E-state index contributed by atoms with van der Waals surface area (Å²) < 4.78 is 32.6. The van der Waals surface area contributed by atoms with E-state index in [1.807, 2.05) is 44.2 Å². The fourth-order valence-corrected chi connectivity index (χ4v) is 5.49. The number of benzene rings is 3. The highest BCUT2D eigenvalue weighted by Gasteiger charge is 2.31. The Morgan fingerprint density at radius 1 is 0.929 bits per heavy atom. The molecule has 226 valence electrons. The van der Waals surface area contributed by atoms with Crippen LogP contribution < -0.4 is 14.4 Å². The fraction of sp³-hybridized carbons (Fsp3) is 0.355. The van der Waals surface area contributed by atoms with Gasteiger partial charge in [-0.1, -0.05) is 79.9 Å². The van der Waals surface area contributed by atoms with Gasteiger partial charge in [-0.3, -0.25) is 13.9 Å². The van der Waals surface area contributed by atoms with Crippen molar-refractivity contribution in [3.63, 3.8) is 0 Å². The maximum absolute atomic E-state index is 13.8. The predicted octanol–water partition coefficient (Wildman–Crippen LogP) is 6.06. The van der Waals surface area contributed by atoms with Gasteiger partial charge in [-0.2, -0.15) is 0 Å². The van der Waals surface area contributed by atoms with Crippen molar-refractivity contribution < 1.29 is 22.7 Å². The molecule has 42 heavy (non-hydrogen) atoms. The fourth-order valence-electron chi connectivity index (χ4n) is 4.32. The van der Waals surface area contributed by atoms with E-state index < -0.39 is 28.5 Å². The summed E-state index contributed by atoms with van der Waals surface area (Å²) in [7, 11) is -3.86. The number of carbonyl (C=O) groups is 2. The summed E-state index contributed by atoms with van der Waals surface area (Å²) in [6, 6.07) is 20.3. The van der Waals surface area contributed by atoms with Crippen LogP contribution in [0.15, 0.2) is 72.8 Å². The highest BCUT2D eigenvalue weighted by molar-refractivity contribution is 7.92. The molecule has 0 spiro atoms. The summed E-state index contributed by atoms with van der Waals surface area (Å²) in [5, 5.41) is 3.57. The van der Waals surface area contributed by atoms with E-state index in [0.717, 1.165) is 29.0 Å². The molecule has 0 aromatic heterocycles. The number of carbonyl (C=O) groups excluding carboxylic acids is 2. The van der Waals surface area contributed by atoms with E-state index in [2.05, 4.69) is 5.32 Å². The molecule has 0 radical (unpaired) electrons. The number of nitrogens with zero attached hydrogens (tertiary/aromatic N) is 2. The average Bonchev–Trinajstić information content (AvgIpc) is 2.97. The molecule has 8 nitrogen and oxygen atoms in total. The van der Waals surface area contributed by atoms with Crippen LogP contribution >= 0.6 is 23.2 Å². The van der Waals surface area contributed by atoms with E-state index >= 15 is 0 Å². The molecule has 3 aromatic rings. The molecule has 1 N–H and O–H groups in total. The smallest absolute Gasteiger partial charge is 0.244 e. The molecule has 0 saturated carbocycles. The highest BCUT2D eigenvalue weighted by Crippen LogP contribution is 2.26. The number of sulfonamides is 1. The van der Waals surface area contributed by atoms with E-state index in [4.69, 9.17) is 27.9 Å². The van der Waals surface area contributed by atoms with E-state index in [1.54, 1.807) is 42.5 Å². The molecular weight excluding hydrogens is 597 g/mol. The summed E-state index contributed by atoms with van der Waals surface area (Å²) in [6.45, 7) is 4.21. The van der Waals surface area contributed by atoms with Gasteiger partial charge in [-0.15, -0.1) is 0 Å². The zero-order chi connectivity index (χ0) is 30.7. The van der Waals surface area contributed by atoms with Gasteiger partial charge in [0.2, 0.25) is 21.8 Å². The lowest BCUT2D eigenvalue weighted by molar-refractivity contribution is -0.140. The molecule has 11 heteroatoms. The first kappa shape index (κ1) is 33.2. The second kappa shape index (κ2) is 15.8. The summed E-state index contributed by atoms with van der Waals surface area (Å²) >= 11 is 12.3. The van der Waals surface area contributed by atoms with Gasteiger partial charge in [-0.05, 0) is 60.4 Å². The molecule has 0 saturated heterocycles. The second-order valence-electron chi connectivity index (χ2n) is 9.88. The van der Waals surface area contributed by atoms with Crippen molar-refractivity contribution in [2.75, 3.05) is 23.7 Å². The highest BCUT2D eigenvalue weighted by atomic mass is 35.5. The molecule has 0 fully saturated rings. The lowest BCUT2D eigenvalue weighted by Crippen LogP contribution is -2.52. The van der Waals surface area contributed by atoms with Crippen LogP contribution in [0.5, 0.6) is 5.75 Å². The molecule has 0 heterocycles. The van der Waals surface area contributed by atoms with Crippen LogP contribution in [0.2, 0.25) is 10.0 Å². The van der Waals surface area contributed by atoms with Gasteiger partial charge in [0, 0.05) is 13.1 Å². The van der Waals surface area contributed by atoms with Gasteiger partial charge in [0.15, 0.2) is 0 Å². The minimum atomic E-state index is -3.86. The van der Waals surface area contributed by atoms with Gasteiger partial charge in [-0.25, -0.2) is 8.42 Å². The Morgan fingerprint density at radius 2 is 1.62 bits per heavy atom. The van der Waals surface area contributed by atoms with Gasteiger partial charge < -0.3 is 15.0 Å². The Balaban J connectivity index is 1.85. The Kier molecular flexibility index (Phi) is 12.5. The third-order valence-corrected chi connectivity index (χ3v) is 8.48. The predicted molar refractivity (Wildman–Crippen MR) is 168 cm³/mol. The molecule has 1 atom stereocenters. The molecule has 0 bridgehead atoms. The standard InChI is InChI=1S/C31H37Cl2N3O5S/c1-4-6-18-34-31(38)29(5-2)35(20-24-12-17-27(32)28(33)19-24)30(37)21-36(42(3,39)40)25-13-15-26(16-14-25)41-22-23-10-8-7-9-11-23/h7-17,19,29H,4-6,18,20-22H2,1-3H3,(H,34,38). The van der Waals surface area contributed by atoms with E-state index in [-0.39, 0.29) is 12.5 Å². The van der Waals surface area contributed by atoms with Crippen molar-refractivity contribution in [3.8, 4) is 5.75 Å². The van der Waals surface area contributed by atoms with Crippen molar-refractivity contribution in [2.24, 2.45) is 0 Å². The quantitative estimate of drug-likeness (QED) is 0.205. The molecule has 0 aliphatic rings. The summed E-state index contributed by atoms with van der Waals surface area (Å²) in [4.78, 5) is 28.4. The average molecular weight is 635 g/mol. The first-order valence-electron chi connectivity index (χ1n) is 13.8. The van der Waals surface area contributed by atoms with Crippen LogP contribution in [-0.2, 0) is 32.8 Å². The normalized spacial score (nSPS) is 11.9. The Hall–Kier alpha value is -3.27. The number of ether oxygens (including phenoxy) is 1. The number of anilines is 1. The maximum atomic E-state index is 13.8. The number of unbranched alkanes of at least 4 members (excludes halogenated alkanes) is 1. The molecule has 3 aromatic carbocycles. The summed E-state index contributed by atoms with van der Waals surface area (Å²) in [6.07, 6.45) is 3.08. The maximum Gasteiger partial charge on any atom is 0.244 e. The number of hydrogen-bond donors (Lipinski definition) is 1. The third-order valence-electron chi connectivity index (χ3n) is 6.60. The number of hydrogen-bond acceptors (Lipinski definition) is 5. The number of halogens is 2. The first-order chi connectivity index (χ1) is 20.0. The summed E-state index contributed by atoms with van der Waals surface area (Å²) in [5.74, 6) is -0.281. The molecule has 1 unspecified atom stereocenters. The van der Waals surface area contributed by atoms with Gasteiger partial charge in [0.1, 0.15) is 24.9 Å². The Bertz CT molecular complexity index is 1440. The van der Waals surface area contributed by atoms with E-state index in [1.165, 1.54) is 4.90 Å². The van der Waals surface area contributed by atoms with Crippen LogP contribution in [0.25, 0.3) is 0 Å². The van der Waals surface area contributed by atoms with Crippen LogP contribution in [0.1, 0.15) is 44.2 Å². The Morgan fingerprint density at radius 3 is 2.21 bits per heavy atom. The zero-order valence-electron chi connectivity index (χ0n) is 24.1. The van der Waals surface area contributed by atoms with Crippen LogP contribution in [0, 0.1) is 0 Å². The minimum absolute atomic E-state index is 0.0410. The van der Waals surface area contributed by atoms with Crippen LogP contribution in [0.4, 0.5) is 5.69 Å². The van der Waals surface area contributed by atoms with Crippen LogP contribution in [-0.4, -0.2) is 50.5 Å². The monoisotopic (exact) mass is 633 g/mol. The lowest BCUT2D eigenvalue weighted by Gasteiger charge is -2.33. The Labute approximate surface area is 258 Å². The molecule has 0 aliphatic carbocycles. The van der Waals surface area contributed by atoms with Gasteiger partial charge in [0.25, 0.3) is 0 Å². The lowest BCUT2D eigenvalue weighted by atomic mass is 10.1. The van der Waals surface area contributed by atoms with Crippen molar-refractivity contribution in [3.05, 3.63) is 94.0 Å². The summed E-state index contributed by atoms with van der Waals surface area (Å²) in [5.41, 5.74) is 1.95. The zero-order valence-corrected chi connectivity index (χ0v) is 26.4. The topological polar surface area (TPSA) is 96.0 Å². The second-order valence-corrected chi connectivity index (χ2v) is 12.6. The molecule has 2 amide bonds. The molecule has 3 rings (SSSR count). The molecular formula is C31H37Cl2N3O5S.